The molecule has 1 aliphatic heterocycles. The molecule has 1 aliphatic rings. The summed E-state index contributed by atoms with van der Waals surface area (Å²) in [6, 6.07) is 13.8. The van der Waals surface area contributed by atoms with Crippen LogP contribution in [-0.2, 0) is 27.3 Å². The Morgan fingerprint density at radius 3 is 2.87 bits per heavy atom. The Bertz CT molecular complexity index is 1090. The van der Waals surface area contributed by atoms with Gasteiger partial charge >= 0.3 is 5.97 Å². The number of fused-ring (bicyclic) bond motifs is 1. The molecule has 31 heavy (non-hydrogen) atoms. The van der Waals surface area contributed by atoms with Crippen LogP contribution in [0.3, 0.4) is 0 Å². The van der Waals surface area contributed by atoms with Crippen molar-refractivity contribution < 1.29 is 18.7 Å². The number of rotatable bonds is 8. The highest BCUT2D eigenvalue weighted by atomic mass is 16.5. The summed E-state index contributed by atoms with van der Waals surface area (Å²) in [7, 11) is 0. The van der Waals surface area contributed by atoms with Crippen LogP contribution in [-0.4, -0.2) is 42.4 Å². The molecule has 2 aromatic carbocycles. The van der Waals surface area contributed by atoms with Crippen molar-refractivity contribution in [2.24, 2.45) is 5.73 Å². The number of nitrogens with zero attached hydrogens (tertiary/aromatic N) is 1. The van der Waals surface area contributed by atoms with E-state index in [9.17, 15) is 9.59 Å². The van der Waals surface area contributed by atoms with Gasteiger partial charge in [0.25, 0.3) is 0 Å². The van der Waals surface area contributed by atoms with Crippen LogP contribution in [0.1, 0.15) is 30.9 Å². The molecule has 0 amide bonds. The number of carbonyl (C=O) groups is 2. The fourth-order valence-electron chi connectivity index (χ4n) is 4.40. The highest BCUT2D eigenvalue weighted by Crippen LogP contribution is 2.32. The van der Waals surface area contributed by atoms with Gasteiger partial charge in [0.15, 0.2) is 5.78 Å². The van der Waals surface area contributed by atoms with Crippen molar-refractivity contribution >= 4 is 22.7 Å². The summed E-state index contributed by atoms with van der Waals surface area (Å²) in [5.41, 5.74) is 10.6. The van der Waals surface area contributed by atoms with E-state index >= 15 is 0 Å². The standard InChI is InChI=1S/C25H28N2O4/c1-2-30-24(29)16-27-9-4-7-22(27)23(28)14-18-12-20-8-10-31-25(20)21(13-18)19-6-3-5-17(11-19)15-26/h3,5-6,8,10-13,22H,2,4,7,9,14-16,26H2,1H3/t22-/m0/s1. The molecule has 0 bridgehead atoms. The van der Waals surface area contributed by atoms with Crippen molar-refractivity contribution in [3.63, 3.8) is 0 Å². The van der Waals surface area contributed by atoms with Gasteiger partial charge in [-0.15, -0.1) is 0 Å². The van der Waals surface area contributed by atoms with E-state index in [0.717, 1.165) is 52.6 Å². The number of furan rings is 1. The second-order valence-electron chi connectivity index (χ2n) is 7.96. The van der Waals surface area contributed by atoms with Crippen LogP contribution in [0.25, 0.3) is 22.1 Å². The first-order chi connectivity index (χ1) is 15.1. The van der Waals surface area contributed by atoms with E-state index in [1.807, 2.05) is 41.3 Å². The number of Topliss-reactive ketones (excluding diaryl/α,β-unsaturated/α-hetero) is 1. The SMILES string of the molecule is CCOC(=O)CN1CCC[C@H]1C(=O)Cc1cc(-c2cccc(CN)c2)c2occc2c1. The first kappa shape index (κ1) is 21.3. The third kappa shape index (κ3) is 4.70. The molecular formula is C25H28N2O4. The van der Waals surface area contributed by atoms with Gasteiger partial charge in [-0.05, 0) is 67.3 Å². The summed E-state index contributed by atoms with van der Waals surface area (Å²) in [6.07, 6.45) is 3.67. The van der Waals surface area contributed by atoms with Crippen molar-refractivity contribution in [2.75, 3.05) is 19.7 Å². The van der Waals surface area contributed by atoms with E-state index in [1.54, 1.807) is 13.2 Å². The molecule has 1 aromatic heterocycles. The molecule has 6 heteroatoms. The van der Waals surface area contributed by atoms with Crippen molar-refractivity contribution in [3.05, 3.63) is 59.9 Å². The normalized spacial score (nSPS) is 16.6. The average Bonchev–Trinajstić information content (AvgIpc) is 3.42. The number of carbonyl (C=O) groups excluding carboxylic acids is 2. The highest BCUT2D eigenvalue weighted by molar-refractivity contribution is 5.95. The molecule has 3 aromatic rings. The number of ketones is 1. The predicted molar refractivity (Wildman–Crippen MR) is 119 cm³/mol. The second kappa shape index (κ2) is 9.45. The molecule has 0 saturated carbocycles. The zero-order chi connectivity index (χ0) is 21.8. The Morgan fingerprint density at radius 1 is 1.19 bits per heavy atom. The van der Waals surface area contributed by atoms with Gasteiger partial charge in [-0.25, -0.2) is 0 Å². The number of benzene rings is 2. The lowest BCUT2D eigenvalue weighted by Gasteiger charge is -2.22. The number of esters is 1. The number of ether oxygens (including phenoxy) is 1. The van der Waals surface area contributed by atoms with Gasteiger partial charge in [0.2, 0.25) is 0 Å². The number of likely N-dealkylation sites (tertiary alicyclic amines) is 1. The molecule has 1 fully saturated rings. The van der Waals surface area contributed by atoms with Gasteiger partial charge in [-0.3, -0.25) is 14.5 Å². The smallest absolute Gasteiger partial charge is 0.320 e. The molecule has 6 nitrogen and oxygen atoms in total. The van der Waals surface area contributed by atoms with Crippen LogP contribution in [0, 0.1) is 0 Å². The molecule has 0 spiro atoms. The zero-order valence-electron chi connectivity index (χ0n) is 17.8. The van der Waals surface area contributed by atoms with Crippen molar-refractivity contribution in [2.45, 2.75) is 38.8 Å². The van der Waals surface area contributed by atoms with E-state index in [0.29, 0.717) is 19.6 Å². The van der Waals surface area contributed by atoms with Crippen LogP contribution >= 0.6 is 0 Å². The van der Waals surface area contributed by atoms with Crippen LogP contribution in [0.5, 0.6) is 0 Å². The summed E-state index contributed by atoms with van der Waals surface area (Å²) in [5, 5.41) is 0.966. The van der Waals surface area contributed by atoms with Crippen molar-refractivity contribution in [3.8, 4) is 11.1 Å². The van der Waals surface area contributed by atoms with Crippen LogP contribution in [0.2, 0.25) is 0 Å². The molecule has 162 valence electrons. The second-order valence-corrected chi connectivity index (χ2v) is 7.96. The Labute approximate surface area is 182 Å². The molecule has 0 aliphatic carbocycles. The largest absolute Gasteiger partial charge is 0.465 e. The molecule has 4 rings (SSSR count). The monoisotopic (exact) mass is 420 g/mol. The summed E-state index contributed by atoms with van der Waals surface area (Å²) < 4.78 is 10.8. The Hall–Kier alpha value is -2.96. The van der Waals surface area contributed by atoms with E-state index in [4.69, 9.17) is 14.9 Å². The maximum atomic E-state index is 13.2. The molecular weight excluding hydrogens is 392 g/mol. The van der Waals surface area contributed by atoms with E-state index < -0.39 is 0 Å². The summed E-state index contributed by atoms with van der Waals surface area (Å²) in [4.78, 5) is 27.0. The maximum absolute atomic E-state index is 13.2. The van der Waals surface area contributed by atoms with Gasteiger partial charge < -0.3 is 14.9 Å². The molecule has 1 atom stereocenters. The first-order valence-corrected chi connectivity index (χ1v) is 10.8. The number of hydrogen-bond acceptors (Lipinski definition) is 6. The van der Waals surface area contributed by atoms with E-state index in [1.165, 1.54) is 0 Å². The maximum Gasteiger partial charge on any atom is 0.320 e. The molecule has 2 N–H and O–H groups in total. The van der Waals surface area contributed by atoms with Gasteiger partial charge in [0.1, 0.15) is 5.58 Å². The minimum absolute atomic E-state index is 0.131. The van der Waals surface area contributed by atoms with E-state index in [-0.39, 0.29) is 24.3 Å². The molecule has 1 saturated heterocycles. The number of hydrogen-bond donors (Lipinski definition) is 1. The topological polar surface area (TPSA) is 85.8 Å². The number of nitrogens with two attached hydrogens (primary N) is 1. The third-order valence-electron chi connectivity index (χ3n) is 5.84. The molecule has 0 radical (unpaired) electrons. The van der Waals surface area contributed by atoms with Gasteiger partial charge in [0.05, 0.1) is 25.5 Å². The summed E-state index contributed by atoms with van der Waals surface area (Å²) >= 11 is 0. The van der Waals surface area contributed by atoms with E-state index in [2.05, 4.69) is 6.07 Å². The Morgan fingerprint density at radius 2 is 2.06 bits per heavy atom. The predicted octanol–water partition coefficient (Wildman–Crippen LogP) is 3.70. The quantitative estimate of drug-likeness (QED) is 0.559. The first-order valence-electron chi connectivity index (χ1n) is 10.8. The van der Waals surface area contributed by atoms with Crippen LogP contribution < -0.4 is 5.73 Å². The summed E-state index contributed by atoms with van der Waals surface area (Å²) in [6.45, 7) is 3.52. The third-order valence-corrected chi connectivity index (χ3v) is 5.84. The van der Waals surface area contributed by atoms with Crippen molar-refractivity contribution in [1.82, 2.24) is 4.90 Å². The van der Waals surface area contributed by atoms with Crippen LogP contribution in [0.4, 0.5) is 0 Å². The lowest BCUT2D eigenvalue weighted by atomic mass is 9.95. The highest BCUT2D eigenvalue weighted by Gasteiger charge is 2.32. The minimum Gasteiger partial charge on any atom is -0.465 e. The van der Waals surface area contributed by atoms with Crippen LogP contribution in [0.15, 0.2) is 53.1 Å². The fraction of sp³-hybridized carbons (Fsp3) is 0.360. The fourth-order valence-corrected chi connectivity index (χ4v) is 4.40. The van der Waals surface area contributed by atoms with Gasteiger partial charge in [0, 0.05) is 23.9 Å². The molecule has 0 unspecified atom stereocenters. The van der Waals surface area contributed by atoms with Crippen molar-refractivity contribution in [1.29, 1.82) is 0 Å². The lowest BCUT2D eigenvalue weighted by Crippen LogP contribution is -2.40. The van der Waals surface area contributed by atoms with Gasteiger partial charge in [-0.2, -0.15) is 0 Å². The Balaban J connectivity index is 1.58. The zero-order valence-corrected chi connectivity index (χ0v) is 17.8. The summed E-state index contributed by atoms with van der Waals surface area (Å²) in [5.74, 6) is -0.143. The Kier molecular flexibility index (Phi) is 6.49. The average molecular weight is 421 g/mol. The van der Waals surface area contributed by atoms with Gasteiger partial charge in [-0.1, -0.05) is 18.2 Å². The minimum atomic E-state index is -0.274. The molecule has 2 heterocycles. The lowest BCUT2D eigenvalue weighted by molar-refractivity contribution is -0.145.